The third-order valence-electron chi connectivity index (χ3n) is 4.00. The van der Waals surface area contributed by atoms with E-state index in [-0.39, 0.29) is 12.1 Å². The average Bonchev–Trinajstić information content (AvgIpc) is 2.85. The van der Waals surface area contributed by atoms with E-state index in [9.17, 15) is 4.79 Å². The smallest absolute Gasteiger partial charge is 0.407 e. The number of rotatable bonds is 3. The molecule has 1 aromatic rings. The van der Waals surface area contributed by atoms with Crippen molar-refractivity contribution >= 4 is 6.09 Å². The van der Waals surface area contributed by atoms with Crippen molar-refractivity contribution in [2.75, 3.05) is 0 Å². The van der Waals surface area contributed by atoms with Crippen molar-refractivity contribution in [1.82, 2.24) is 9.88 Å². The zero-order valence-electron chi connectivity index (χ0n) is 13.7. The van der Waals surface area contributed by atoms with Crippen LogP contribution in [0.1, 0.15) is 65.0 Å². The van der Waals surface area contributed by atoms with Crippen LogP contribution in [0.3, 0.4) is 0 Å². The van der Waals surface area contributed by atoms with Crippen molar-refractivity contribution in [3.8, 4) is 0 Å². The van der Waals surface area contributed by atoms with Gasteiger partial charge in [-0.05, 0) is 51.7 Å². The lowest BCUT2D eigenvalue weighted by molar-refractivity contribution is 0.0472. The summed E-state index contributed by atoms with van der Waals surface area (Å²) in [5.41, 5.74) is 0.897. The third-order valence-corrected chi connectivity index (χ3v) is 4.00. The van der Waals surface area contributed by atoms with Crippen LogP contribution < -0.4 is 5.32 Å². The zero-order valence-corrected chi connectivity index (χ0v) is 13.7. The van der Waals surface area contributed by atoms with Crippen LogP contribution in [0.4, 0.5) is 4.79 Å². The molecule has 1 heterocycles. The molecule has 1 saturated carbocycles. The first-order valence-electron chi connectivity index (χ1n) is 8.05. The van der Waals surface area contributed by atoms with Crippen LogP contribution in [0.25, 0.3) is 0 Å². The Labute approximate surface area is 127 Å². The summed E-state index contributed by atoms with van der Waals surface area (Å²) >= 11 is 0. The number of carbonyl (C=O) groups is 1. The van der Waals surface area contributed by atoms with Gasteiger partial charge < -0.3 is 14.6 Å². The van der Waals surface area contributed by atoms with Crippen LogP contribution in [0.5, 0.6) is 0 Å². The first-order chi connectivity index (χ1) is 9.89. The van der Waals surface area contributed by atoms with E-state index >= 15 is 0 Å². The topological polar surface area (TPSA) is 43.3 Å². The molecule has 118 valence electrons. The van der Waals surface area contributed by atoms with Crippen LogP contribution >= 0.6 is 0 Å². The standard InChI is InChI=1S/C17H28N2O2/c1-5-13-10-11-19(12-13)15-9-7-6-8-14(15)18-16(20)21-17(2,3)4/h10-12,14-15H,5-9H2,1-4H3,(H,18,20). The van der Waals surface area contributed by atoms with Gasteiger partial charge in [0.25, 0.3) is 0 Å². The molecule has 2 unspecified atom stereocenters. The molecule has 1 N–H and O–H groups in total. The summed E-state index contributed by atoms with van der Waals surface area (Å²) in [6, 6.07) is 2.66. The summed E-state index contributed by atoms with van der Waals surface area (Å²) in [6.07, 6.45) is 9.60. The largest absolute Gasteiger partial charge is 0.444 e. The van der Waals surface area contributed by atoms with Crippen LogP contribution in [0, 0.1) is 0 Å². The van der Waals surface area contributed by atoms with Gasteiger partial charge in [0, 0.05) is 12.4 Å². The highest BCUT2D eigenvalue weighted by Gasteiger charge is 2.29. The molecule has 2 rings (SSSR count). The molecule has 4 nitrogen and oxygen atoms in total. The lowest BCUT2D eigenvalue weighted by Crippen LogP contribution is -2.44. The van der Waals surface area contributed by atoms with Gasteiger partial charge in [-0.25, -0.2) is 4.79 Å². The monoisotopic (exact) mass is 292 g/mol. The van der Waals surface area contributed by atoms with E-state index in [1.165, 1.54) is 18.4 Å². The lowest BCUT2D eigenvalue weighted by Gasteiger charge is -2.34. The van der Waals surface area contributed by atoms with Crippen LogP contribution in [0.2, 0.25) is 0 Å². The van der Waals surface area contributed by atoms with Crippen molar-refractivity contribution in [2.45, 2.75) is 77.5 Å². The van der Waals surface area contributed by atoms with Gasteiger partial charge in [-0.15, -0.1) is 0 Å². The molecule has 2 atom stereocenters. The second kappa shape index (κ2) is 6.54. The molecule has 1 aromatic heterocycles. The molecule has 0 spiro atoms. The van der Waals surface area contributed by atoms with Gasteiger partial charge in [0.15, 0.2) is 0 Å². The maximum Gasteiger partial charge on any atom is 0.407 e. The summed E-state index contributed by atoms with van der Waals surface area (Å²) in [7, 11) is 0. The Morgan fingerprint density at radius 3 is 2.71 bits per heavy atom. The highest BCUT2D eigenvalue weighted by atomic mass is 16.6. The number of hydrogen-bond acceptors (Lipinski definition) is 2. The Kier molecular flexibility index (Phi) is 4.96. The molecular weight excluding hydrogens is 264 g/mol. The fourth-order valence-electron chi connectivity index (χ4n) is 2.97. The molecule has 4 heteroatoms. The number of nitrogens with one attached hydrogen (secondary N) is 1. The van der Waals surface area contributed by atoms with Crippen molar-refractivity contribution < 1.29 is 9.53 Å². The molecule has 0 aromatic carbocycles. The number of nitrogens with zero attached hydrogens (tertiary/aromatic N) is 1. The van der Waals surface area contributed by atoms with E-state index in [0.29, 0.717) is 6.04 Å². The second-order valence-electron chi connectivity index (χ2n) is 6.93. The molecule has 21 heavy (non-hydrogen) atoms. The number of ether oxygens (including phenoxy) is 1. The number of hydrogen-bond donors (Lipinski definition) is 1. The third kappa shape index (κ3) is 4.51. The second-order valence-corrected chi connectivity index (χ2v) is 6.93. The zero-order chi connectivity index (χ0) is 15.5. The van der Waals surface area contributed by atoms with E-state index in [2.05, 4.69) is 35.3 Å². The molecule has 0 saturated heterocycles. The van der Waals surface area contributed by atoms with E-state index in [1.54, 1.807) is 0 Å². The van der Waals surface area contributed by atoms with Crippen molar-refractivity contribution in [3.63, 3.8) is 0 Å². The Morgan fingerprint density at radius 1 is 1.38 bits per heavy atom. The highest BCUT2D eigenvalue weighted by Crippen LogP contribution is 2.29. The summed E-state index contributed by atoms with van der Waals surface area (Å²) in [6.45, 7) is 7.84. The molecule has 1 aliphatic rings. The summed E-state index contributed by atoms with van der Waals surface area (Å²) in [5, 5.41) is 3.07. The molecular formula is C17H28N2O2. The molecule has 0 bridgehead atoms. The van der Waals surface area contributed by atoms with E-state index in [0.717, 1.165) is 19.3 Å². The minimum atomic E-state index is -0.447. The average molecular weight is 292 g/mol. The fraction of sp³-hybridized carbons (Fsp3) is 0.706. The molecule has 1 amide bonds. The maximum absolute atomic E-state index is 12.0. The van der Waals surface area contributed by atoms with Crippen molar-refractivity contribution in [1.29, 1.82) is 0 Å². The fourth-order valence-corrected chi connectivity index (χ4v) is 2.97. The first-order valence-corrected chi connectivity index (χ1v) is 8.05. The normalized spacial score (nSPS) is 22.9. The van der Waals surface area contributed by atoms with Crippen molar-refractivity contribution in [3.05, 3.63) is 24.0 Å². The Balaban J connectivity index is 2.03. The van der Waals surface area contributed by atoms with E-state index < -0.39 is 5.60 Å². The maximum atomic E-state index is 12.0. The number of alkyl carbamates (subject to hydrolysis) is 1. The summed E-state index contributed by atoms with van der Waals surface area (Å²) < 4.78 is 7.66. The number of amides is 1. The van der Waals surface area contributed by atoms with Crippen LogP contribution in [0.15, 0.2) is 18.5 Å². The minimum Gasteiger partial charge on any atom is -0.444 e. The van der Waals surface area contributed by atoms with Gasteiger partial charge in [0.2, 0.25) is 0 Å². The highest BCUT2D eigenvalue weighted by molar-refractivity contribution is 5.68. The summed E-state index contributed by atoms with van der Waals surface area (Å²) in [5.74, 6) is 0. The Bertz CT molecular complexity index is 473. The lowest BCUT2D eigenvalue weighted by atomic mass is 9.90. The molecule has 0 aliphatic heterocycles. The van der Waals surface area contributed by atoms with Gasteiger partial charge in [0.1, 0.15) is 5.60 Å². The van der Waals surface area contributed by atoms with Gasteiger partial charge in [0.05, 0.1) is 12.1 Å². The number of carbonyl (C=O) groups excluding carboxylic acids is 1. The van der Waals surface area contributed by atoms with Gasteiger partial charge in [-0.2, -0.15) is 0 Å². The Morgan fingerprint density at radius 2 is 2.10 bits per heavy atom. The van der Waals surface area contributed by atoms with Crippen molar-refractivity contribution in [2.24, 2.45) is 0 Å². The van der Waals surface area contributed by atoms with E-state index in [4.69, 9.17) is 4.74 Å². The van der Waals surface area contributed by atoms with Crippen LogP contribution in [-0.4, -0.2) is 22.3 Å². The molecule has 0 radical (unpaired) electrons. The number of aromatic nitrogens is 1. The first kappa shape index (κ1) is 15.9. The van der Waals surface area contributed by atoms with Crippen LogP contribution in [-0.2, 0) is 11.2 Å². The predicted molar refractivity (Wildman–Crippen MR) is 84.5 cm³/mol. The Hall–Kier alpha value is -1.45. The number of aryl methyl sites for hydroxylation is 1. The SMILES string of the molecule is CCc1ccn(C2CCCCC2NC(=O)OC(C)(C)C)c1. The quantitative estimate of drug-likeness (QED) is 0.913. The molecule has 1 aliphatic carbocycles. The summed E-state index contributed by atoms with van der Waals surface area (Å²) in [4.78, 5) is 12.0. The molecule has 1 fully saturated rings. The van der Waals surface area contributed by atoms with Gasteiger partial charge in [-0.3, -0.25) is 0 Å². The van der Waals surface area contributed by atoms with E-state index in [1.807, 2.05) is 20.8 Å². The minimum absolute atomic E-state index is 0.158. The van der Waals surface area contributed by atoms with Gasteiger partial charge >= 0.3 is 6.09 Å². The van der Waals surface area contributed by atoms with Gasteiger partial charge in [-0.1, -0.05) is 19.8 Å². The predicted octanol–water partition coefficient (Wildman–Crippen LogP) is 4.06.